The topological polar surface area (TPSA) is 49.4 Å². The number of rotatable bonds is 7. The van der Waals surface area contributed by atoms with Gasteiger partial charge < -0.3 is 10.2 Å². The number of carbonyl (C=O) groups is 2. The summed E-state index contributed by atoms with van der Waals surface area (Å²) >= 11 is 0. The fourth-order valence-corrected chi connectivity index (χ4v) is 2.96. The van der Waals surface area contributed by atoms with E-state index in [0.29, 0.717) is 18.5 Å². The fraction of sp³-hybridized carbons (Fsp3) is 0.333. The first-order chi connectivity index (χ1) is 12.5. The average molecular weight is 356 g/mol. The molecule has 5 heteroatoms. The van der Waals surface area contributed by atoms with Gasteiger partial charge in [0.2, 0.25) is 11.8 Å². The first-order valence-electron chi connectivity index (χ1n) is 8.76. The molecule has 0 aliphatic heterocycles. The maximum atomic E-state index is 14.0. The first kappa shape index (κ1) is 19.6. The number of carbonyl (C=O) groups excluding carboxylic acids is 2. The van der Waals surface area contributed by atoms with Gasteiger partial charge in [-0.15, -0.1) is 0 Å². The van der Waals surface area contributed by atoms with E-state index < -0.39 is 11.9 Å². The van der Waals surface area contributed by atoms with E-state index in [9.17, 15) is 14.0 Å². The zero-order valence-electron chi connectivity index (χ0n) is 15.5. The third-order valence-corrected chi connectivity index (χ3v) is 4.53. The molecule has 0 heterocycles. The van der Waals surface area contributed by atoms with E-state index in [1.165, 1.54) is 6.07 Å². The highest BCUT2D eigenvalue weighted by Crippen LogP contribution is 2.17. The van der Waals surface area contributed by atoms with Gasteiger partial charge in [0.15, 0.2) is 0 Å². The van der Waals surface area contributed by atoms with Crippen LogP contribution in [0.25, 0.3) is 0 Å². The summed E-state index contributed by atoms with van der Waals surface area (Å²) in [5.41, 5.74) is 2.35. The molecule has 0 aliphatic carbocycles. The number of aryl methyl sites for hydroxylation is 1. The Bertz CT molecular complexity index is 776. The fourth-order valence-electron chi connectivity index (χ4n) is 2.96. The predicted molar refractivity (Wildman–Crippen MR) is 100.0 cm³/mol. The second-order valence-electron chi connectivity index (χ2n) is 6.25. The molecule has 0 spiro atoms. The highest BCUT2D eigenvalue weighted by atomic mass is 19.1. The maximum absolute atomic E-state index is 14.0. The zero-order chi connectivity index (χ0) is 19.1. The molecule has 2 aromatic carbocycles. The monoisotopic (exact) mass is 356 g/mol. The number of benzene rings is 2. The van der Waals surface area contributed by atoms with Crippen molar-refractivity contribution in [1.29, 1.82) is 0 Å². The predicted octanol–water partition coefficient (Wildman–Crippen LogP) is 3.23. The lowest BCUT2D eigenvalue weighted by Gasteiger charge is -2.31. The number of nitrogens with zero attached hydrogens (tertiary/aromatic N) is 1. The summed E-state index contributed by atoms with van der Waals surface area (Å²) in [6.07, 6.45) is 0.403. The molecule has 1 N–H and O–H groups in total. The van der Waals surface area contributed by atoms with Crippen LogP contribution >= 0.6 is 0 Å². The van der Waals surface area contributed by atoms with E-state index in [0.717, 1.165) is 11.1 Å². The molecule has 0 aromatic heterocycles. The third-order valence-electron chi connectivity index (χ3n) is 4.53. The van der Waals surface area contributed by atoms with Crippen molar-refractivity contribution in [1.82, 2.24) is 10.2 Å². The van der Waals surface area contributed by atoms with E-state index in [1.807, 2.05) is 38.1 Å². The van der Waals surface area contributed by atoms with E-state index in [1.54, 1.807) is 30.1 Å². The van der Waals surface area contributed by atoms with Gasteiger partial charge in [-0.25, -0.2) is 4.39 Å². The van der Waals surface area contributed by atoms with E-state index in [4.69, 9.17) is 0 Å². The summed E-state index contributed by atoms with van der Waals surface area (Å²) in [5, 5.41) is 2.62. The Morgan fingerprint density at radius 3 is 2.27 bits per heavy atom. The zero-order valence-corrected chi connectivity index (χ0v) is 15.5. The molecule has 0 fully saturated rings. The quantitative estimate of drug-likeness (QED) is 0.828. The summed E-state index contributed by atoms with van der Waals surface area (Å²) in [7, 11) is 1.55. The number of hydrogen-bond acceptors (Lipinski definition) is 2. The van der Waals surface area contributed by atoms with Gasteiger partial charge in [-0.05, 0) is 36.1 Å². The van der Waals surface area contributed by atoms with Crippen LogP contribution in [0.4, 0.5) is 4.39 Å². The van der Waals surface area contributed by atoms with Crippen LogP contribution in [-0.4, -0.2) is 29.8 Å². The summed E-state index contributed by atoms with van der Waals surface area (Å²) < 4.78 is 14.0. The van der Waals surface area contributed by atoms with Crippen molar-refractivity contribution >= 4 is 11.8 Å². The highest BCUT2D eigenvalue weighted by molar-refractivity contribution is 5.88. The van der Waals surface area contributed by atoms with Crippen molar-refractivity contribution in [2.75, 3.05) is 7.05 Å². The Morgan fingerprint density at radius 2 is 1.69 bits per heavy atom. The van der Waals surface area contributed by atoms with Crippen LogP contribution in [0.15, 0.2) is 48.5 Å². The molecule has 0 saturated heterocycles. The van der Waals surface area contributed by atoms with Crippen LogP contribution in [-0.2, 0) is 22.6 Å². The van der Waals surface area contributed by atoms with Crippen molar-refractivity contribution in [3.8, 4) is 0 Å². The molecule has 2 amide bonds. The van der Waals surface area contributed by atoms with Crippen LogP contribution in [0.1, 0.15) is 30.0 Å². The lowest BCUT2D eigenvalue weighted by atomic mass is 10.0. The van der Waals surface area contributed by atoms with Gasteiger partial charge in [-0.2, -0.15) is 0 Å². The summed E-state index contributed by atoms with van der Waals surface area (Å²) in [4.78, 5) is 26.8. The molecule has 1 atom stereocenters. The van der Waals surface area contributed by atoms with Crippen molar-refractivity contribution in [2.24, 2.45) is 0 Å². The summed E-state index contributed by atoms with van der Waals surface area (Å²) in [5.74, 6) is -0.901. The van der Waals surface area contributed by atoms with E-state index in [2.05, 4.69) is 5.32 Å². The minimum Gasteiger partial charge on any atom is -0.357 e. The van der Waals surface area contributed by atoms with Crippen molar-refractivity contribution in [3.63, 3.8) is 0 Å². The van der Waals surface area contributed by atoms with Crippen LogP contribution in [0.5, 0.6) is 0 Å². The van der Waals surface area contributed by atoms with Crippen molar-refractivity contribution in [2.45, 2.75) is 39.3 Å². The number of likely N-dealkylation sites (N-methyl/N-ethyl adjacent to an activating group) is 1. The van der Waals surface area contributed by atoms with Gasteiger partial charge in [0.05, 0.1) is 6.42 Å². The van der Waals surface area contributed by atoms with Crippen LogP contribution in [0, 0.1) is 12.7 Å². The van der Waals surface area contributed by atoms with Gasteiger partial charge in [-0.3, -0.25) is 9.59 Å². The molecule has 138 valence electrons. The molecule has 0 radical (unpaired) electrons. The van der Waals surface area contributed by atoms with Gasteiger partial charge in [0, 0.05) is 13.6 Å². The maximum Gasteiger partial charge on any atom is 0.242 e. The average Bonchev–Trinajstić information content (AvgIpc) is 2.64. The molecule has 4 nitrogen and oxygen atoms in total. The molecular formula is C21H25FN2O2. The molecule has 0 bridgehead atoms. The Balaban J connectivity index is 2.32. The summed E-state index contributed by atoms with van der Waals surface area (Å²) in [6, 6.07) is 13.4. The van der Waals surface area contributed by atoms with Gasteiger partial charge >= 0.3 is 0 Å². The molecule has 26 heavy (non-hydrogen) atoms. The second kappa shape index (κ2) is 9.13. The second-order valence-corrected chi connectivity index (χ2v) is 6.25. The SMILES string of the molecule is CC[C@H](C(=O)NC)N(Cc1ccccc1C)C(=O)Cc1ccccc1F. The van der Waals surface area contributed by atoms with Gasteiger partial charge in [0.1, 0.15) is 11.9 Å². The molecule has 0 aliphatic rings. The largest absolute Gasteiger partial charge is 0.357 e. The van der Waals surface area contributed by atoms with Gasteiger partial charge in [0.25, 0.3) is 0 Å². The molecule has 0 unspecified atom stereocenters. The highest BCUT2D eigenvalue weighted by Gasteiger charge is 2.28. The van der Waals surface area contributed by atoms with E-state index in [-0.39, 0.29) is 18.2 Å². The van der Waals surface area contributed by atoms with Crippen LogP contribution in [0.2, 0.25) is 0 Å². The normalized spacial score (nSPS) is 11.7. The molecule has 2 rings (SSSR count). The summed E-state index contributed by atoms with van der Waals surface area (Å²) in [6.45, 7) is 4.14. The Morgan fingerprint density at radius 1 is 1.08 bits per heavy atom. The Kier molecular flexibility index (Phi) is 6.89. The molecular weight excluding hydrogens is 331 g/mol. The number of nitrogens with one attached hydrogen (secondary N) is 1. The Labute approximate surface area is 154 Å². The number of hydrogen-bond donors (Lipinski definition) is 1. The minimum atomic E-state index is -0.598. The lowest BCUT2D eigenvalue weighted by molar-refractivity contribution is -0.140. The standard InChI is InChI=1S/C21H25FN2O2/c1-4-19(21(26)23-3)24(14-17-11-6-5-9-15(17)2)20(25)13-16-10-7-8-12-18(16)22/h5-12,19H,4,13-14H2,1-3H3,(H,23,26)/t19-/m1/s1. The number of amides is 2. The smallest absolute Gasteiger partial charge is 0.242 e. The minimum absolute atomic E-state index is 0.0773. The van der Waals surface area contributed by atoms with Gasteiger partial charge in [-0.1, -0.05) is 49.4 Å². The number of halogens is 1. The third kappa shape index (κ3) is 4.69. The van der Waals surface area contributed by atoms with Crippen LogP contribution < -0.4 is 5.32 Å². The first-order valence-corrected chi connectivity index (χ1v) is 8.76. The molecule has 2 aromatic rings. The Hall–Kier alpha value is -2.69. The van der Waals surface area contributed by atoms with Crippen molar-refractivity contribution in [3.05, 3.63) is 71.0 Å². The van der Waals surface area contributed by atoms with Crippen molar-refractivity contribution < 1.29 is 14.0 Å². The molecule has 0 saturated carbocycles. The lowest BCUT2D eigenvalue weighted by Crippen LogP contribution is -2.48. The van der Waals surface area contributed by atoms with Crippen LogP contribution in [0.3, 0.4) is 0 Å². The van der Waals surface area contributed by atoms with E-state index >= 15 is 0 Å².